The molecule has 4 aromatic rings. The van der Waals surface area contributed by atoms with E-state index in [1.165, 1.54) is 4.90 Å². The Bertz CT molecular complexity index is 1360. The molecule has 0 unspecified atom stereocenters. The van der Waals surface area contributed by atoms with Crippen LogP contribution in [-0.4, -0.2) is 40.0 Å². The number of alkyl carbamates (subject to hydrolysis) is 1. The number of rotatable bonds is 8. The van der Waals surface area contributed by atoms with Crippen molar-refractivity contribution in [3.63, 3.8) is 0 Å². The zero-order valence-corrected chi connectivity index (χ0v) is 19.3. The normalized spacial score (nSPS) is 11.6. The first-order chi connectivity index (χ1) is 17.0. The van der Waals surface area contributed by atoms with Crippen LogP contribution in [0.1, 0.15) is 17.0 Å². The highest BCUT2D eigenvalue weighted by molar-refractivity contribution is 5.86. The Labute approximate surface area is 202 Å². The first kappa shape index (κ1) is 23.7. The molecule has 0 spiro atoms. The van der Waals surface area contributed by atoms with Crippen molar-refractivity contribution in [3.05, 3.63) is 112 Å². The van der Waals surface area contributed by atoms with Crippen LogP contribution >= 0.6 is 0 Å². The van der Waals surface area contributed by atoms with Gasteiger partial charge in [-0.05, 0) is 23.3 Å². The Kier molecular flexibility index (Phi) is 7.52. The Balaban J connectivity index is 1.47. The van der Waals surface area contributed by atoms with Crippen molar-refractivity contribution in [1.29, 1.82) is 0 Å². The summed E-state index contributed by atoms with van der Waals surface area (Å²) < 4.78 is 5.33. The van der Waals surface area contributed by atoms with Gasteiger partial charge in [0.25, 0.3) is 5.56 Å². The van der Waals surface area contributed by atoms with Gasteiger partial charge < -0.3 is 19.9 Å². The first-order valence-corrected chi connectivity index (χ1v) is 11.2. The van der Waals surface area contributed by atoms with Gasteiger partial charge in [0.1, 0.15) is 18.5 Å². The van der Waals surface area contributed by atoms with E-state index >= 15 is 0 Å². The van der Waals surface area contributed by atoms with Crippen molar-refractivity contribution < 1.29 is 14.3 Å². The van der Waals surface area contributed by atoms with Gasteiger partial charge in [-0.2, -0.15) is 0 Å². The summed E-state index contributed by atoms with van der Waals surface area (Å²) in [5, 5.41) is 3.18. The third-order valence-electron chi connectivity index (χ3n) is 5.51. The van der Waals surface area contributed by atoms with Gasteiger partial charge in [-0.15, -0.1) is 0 Å². The lowest BCUT2D eigenvalue weighted by atomic mass is 10.0. The number of aromatic amines is 1. The largest absolute Gasteiger partial charge is 0.445 e. The molecule has 1 atom stereocenters. The minimum atomic E-state index is -0.863. The highest BCUT2D eigenvalue weighted by Gasteiger charge is 2.25. The molecule has 0 bridgehead atoms. The van der Waals surface area contributed by atoms with Gasteiger partial charge in [-0.3, -0.25) is 9.59 Å². The number of nitrogens with one attached hydrogen (secondary N) is 2. The number of nitrogens with zero attached hydrogens (tertiary/aromatic N) is 2. The van der Waals surface area contributed by atoms with Gasteiger partial charge in [0.05, 0.1) is 17.4 Å². The molecular formula is C27H26N4O4. The molecule has 35 heavy (non-hydrogen) atoms. The van der Waals surface area contributed by atoms with Crippen molar-refractivity contribution in [1.82, 2.24) is 20.2 Å². The highest BCUT2D eigenvalue weighted by Crippen LogP contribution is 2.10. The number of hydrogen-bond donors (Lipinski definition) is 2. The van der Waals surface area contributed by atoms with E-state index < -0.39 is 12.1 Å². The number of para-hydroxylation sites is 1. The van der Waals surface area contributed by atoms with Gasteiger partial charge in [0.15, 0.2) is 0 Å². The fourth-order valence-corrected chi connectivity index (χ4v) is 3.74. The third kappa shape index (κ3) is 6.32. The first-order valence-electron chi connectivity index (χ1n) is 11.2. The van der Waals surface area contributed by atoms with E-state index in [4.69, 9.17) is 4.74 Å². The SMILES string of the molecule is CN(Cc1nc2ccccc2c(=O)[nH]1)C(=O)[C@H](Cc1ccccc1)NC(=O)OCc1ccccc1. The summed E-state index contributed by atoms with van der Waals surface area (Å²) >= 11 is 0. The second kappa shape index (κ2) is 11.1. The maximum atomic E-state index is 13.3. The molecule has 0 radical (unpaired) electrons. The number of fused-ring (bicyclic) bond motifs is 1. The maximum absolute atomic E-state index is 13.3. The zero-order chi connectivity index (χ0) is 24.6. The maximum Gasteiger partial charge on any atom is 0.408 e. The topological polar surface area (TPSA) is 104 Å². The van der Waals surface area contributed by atoms with Crippen LogP contribution in [-0.2, 0) is 29.1 Å². The lowest BCUT2D eigenvalue weighted by molar-refractivity contribution is -0.132. The van der Waals surface area contributed by atoms with Crippen LogP contribution in [0.4, 0.5) is 4.79 Å². The highest BCUT2D eigenvalue weighted by atomic mass is 16.5. The van der Waals surface area contributed by atoms with Gasteiger partial charge in [-0.25, -0.2) is 9.78 Å². The standard InChI is InChI=1S/C27H26N4O4/c1-31(17-24-28-22-15-9-8-14-21(22)25(32)30-24)26(33)23(16-19-10-4-2-5-11-19)29-27(34)35-18-20-12-6-3-7-13-20/h2-15,23H,16-18H2,1H3,(H,29,34)(H,28,30,32)/t23-/m0/s1. The number of aromatic nitrogens is 2. The Morgan fingerprint density at radius 3 is 2.29 bits per heavy atom. The van der Waals surface area contributed by atoms with Crippen molar-refractivity contribution in [2.45, 2.75) is 25.6 Å². The number of carbonyl (C=O) groups excluding carboxylic acids is 2. The summed E-state index contributed by atoms with van der Waals surface area (Å²) in [4.78, 5) is 46.9. The lowest BCUT2D eigenvalue weighted by Crippen LogP contribution is -2.48. The Morgan fingerprint density at radius 2 is 1.57 bits per heavy atom. The molecule has 2 N–H and O–H groups in total. The fourth-order valence-electron chi connectivity index (χ4n) is 3.74. The number of amides is 2. The van der Waals surface area contributed by atoms with Crippen LogP contribution in [0, 0.1) is 0 Å². The van der Waals surface area contributed by atoms with E-state index in [9.17, 15) is 14.4 Å². The lowest BCUT2D eigenvalue weighted by Gasteiger charge is -2.24. The molecular weight excluding hydrogens is 444 g/mol. The summed E-state index contributed by atoms with van der Waals surface area (Å²) in [6, 6.07) is 24.9. The van der Waals surface area contributed by atoms with Crippen LogP contribution in [0.5, 0.6) is 0 Å². The van der Waals surface area contributed by atoms with Gasteiger partial charge >= 0.3 is 6.09 Å². The van der Waals surface area contributed by atoms with Crippen molar-refractivity contribution in [2.75, 3.05) is 7.05 Å². The van der Waals surface area contributed by atoms with Gasteiger partial charge in [0.2, 0.25) is 5.91 Å². The molecule has 0 fully saturated rings. The van der Waals surface area contributed by atoms with Crippen molar-refractivity contribution in [3.8, 4) is 0 Å². The van der Waals surface area contributed by atoms with Crippen LogP contribution in [0.3, 0.4) is 0 Å². The molecule has 1 heterocycles. The molecule has 3 aromatic carbocycles. The summed E-state index contributed by atoms with van der Waals surface area (Å²) in [6.07, 6.45) is -0.402. The van der Waals surface area contributed by atoms with E-state index in [1.807, 2.05) is 60.7 Å². The molecule has 1 aromatic heterocycles. The Hall–Kier alpha value is -4.46. The van der Waals surface area contributed by atoms with Crippen LogP contribution in [0.15, 0.2) is 89.7 Å². The summed E-state index contributed by atoms with van der Waals surface area (Å²) in [5.74, 6) is 0.0241. The summed E-state index contributed by atoms with van der Waals surface area (Å²) in [5.41, 5.74) is 2.02. The average molecular weight is 471 g/mol. The molecule has 8 nitrogen and oxygen atoms in total. The number of carbonyl (C=O) groups is 2. The van der Waals surface area contributed by atoms with E-state index in [2.05, 4.69) is 15.3 Å². The van der Waals surface area contributed by atoms with E-state index in [0.29, 0.717) is 16.7 Å². The van der Waals surface area contributed by atoms with Crippen molar-refractivity contribution in [2.24, 2.45) is 0 Å². The molecule has 8 heteroatoms. The molecule has 178 valence electrons. The zero-order valence-electron chi connectivity index (χ0n) is 19.3. The predicted octanol–water partition coefficient (Wildman–Crippen LogP) is 3.42. The van der Waals surface area contributed by atoms with Crippen LogP contribution < -0.4 is 10.9 Å². The third-order valence-corrected chi connectivity index (χ3v) is 5.51. The summed E-state index contributed by atoms with van der Waals surface area (Å²) in [6.45, 7) is 0.169. The molecule has 0 aliphatic heterocycles. The second-order valence-electron chi connectivity index (χ2n) is 8.17. The minimum Gasteiger partial charge on any atom is -0.445 e. The molecule has 0 aliphatic carbocycles. The van der Waals surface area contributed by atoms with E-state index in [0.717, 1.165) is 11.1 Å². The average Bonchev–Trinajstić information content (AvgIpc) is 2.88. The minimum absolute atomic E-state index is 0.0743. The molecule has 0 saturated heterocycles. The van der Waals surface area contributed by atoms with Gasteiger partial charge in [0, 0.05) is 13.5 Å². The van der Waals surface area contributed by atoms with Crippen LogP contribution in [0.2, 0.25) is 0 Å². The van der Waals surface area contributed by atoms with Crippen molar-refractivity contribution >= 4 is 22.9 Å². The van der Waals surface area contributed by atoms with Crippen LogP contribution in [0.25, 0.3) is 10.9 Å². The molecule has 4 rings (SSSR count). The smallest absolute Gasteiger partial charge is 0.408 e. The fraction of sp³-hybridized carbons (Fsp3) is 0.185. The molecule has 2 amide bonds. The number of benzene rings is 3. The number of H-pyrrole nitrogens is 1. The Morgan fingerprint density at radius 1 is 0.943 bits per heavy atom. The molecule has 0 saturated carbocycles. The monoisotopic (exact) mass is 470 g/mol. The van der Waals surface area contributed by atoms with E-state index in [-0.39, 0.29) is 31.0 Å². The predicted molar refractivity (Wildman–Crippen MR) is 133 cm³/mol. The molecule has 0 aliphatic rings. The van der Waals surface area contributed by atoms with E-state index in [1.54, 1.807) is 31.3 Å². The van der Waals surface area contributed by atoms with Gasteiger partial charge in [-0.1, -0.05) is 72.8 Å². The number of likely N-dealkylation sites (N-methyl/N-ethyl adjacent to an activating group) is 1. The number of ether oxygens (including phenoxy) is 1. The number of hydrogen-bond acceptors (Lipinski definition) is 5. The quantitative estimate of drug-likeness (QED) is 0.411. The second-order valence-corrected chi connectivity index (χ2v) is 8.17. The summed E-state index contributed by atoms with van der Waals surface area (Å²) in [7, 11) is 1.60.